The molecule has 60 heavy (non-hydrogen) atoms. The van der Waals surface area contributed by atoms with Gasteiger partial charge in [0.1, 0.15) is 24.6 Å². The summed E-state index contributed by atoms with van der Waals surface area (Å²) in [5, 5.41) is 36.5. The summed E-state index contributed by atoms with van der Waals surface area (Å²) < 4.78 is 45.8. The number of nitrogens with one attached hydrogen (secondary N) is 2. The largest absolute Gasteiger partial charge is 0.447 e. The third-order valence-electron chi connectivity index (χ3n) is 13.4. The molecule has 7 N–H and O–H groups in total. The maximum absolute atomic E-state index is 14.7. The van der Waals surface area contributed by atoms with E-state index in [9.17, 15) is 38.5 Å². The number of amides is 2. The molecule has 2 amide bonds. The van der Waals surface area contributed by atoms with Crippen LogP contribution in [0.25, 0.3) is 0 Å². The number of alkyl carbamates (subject to hydrolysis) is 2. The maximum Gasteiger partial charge on any atom is 0.407 e. The van der Waals surface area contributed by atoms with Gasteiger partial charge < -0.3 is 45.9 Å². The first-order valence-electron chi connectivity index (χ1n) is 21.6. The number of aromatic nitrogens is 2. The lowest BCUT2D eigenvalue weighted by atomic mass is 9.61. The predicted molar refractivity (Wildman–Crippen MR) is 220 cm³/mol. The summed E-state index contributed by atoms with van der Waals surface area (Å²) in [4.78, 5) is 40.3. The molecule has 5 aliphatic rings. The fraction of sp³-hybridized carbons (Fsp3) is 0.682. The number of alkyl halides is 2. The molecule has 5 fully saturated rings. The van der Waals surface area contributed by atoms with Crippen LogP contribution in [-0.4, -0.2) is 93.2 Å². The molecular weight excluding hydrogens is 781 g/mol. The second-order valence-electron chi connectivity index (χ2n) is 17.7. The molecule has 10 atom stereocenters. The van der Waals surface area contributed by atoms with E-state index >= 15 is 0 Å². The molecule has 16 heteroatoms. The fourth-order valence-electron chi connectivity index (χ4n) is 9.80. The number of allylic oxidation sites excluding steroid dienone is 4. The number of aliphatic hydroxyl groups is 3. The predicted octanol–water partition coefficient (Wildman–Crippen LogP) is 5.84. The van der Waals surface area contributed by atoms with Gasteiger partial charge >= 0.3 is 23.8 Å². The number of nitrogen functional groups attached to an aromatic ring is 1. The molecule has 4 aliphatic carbocycles. The van der Waals surface area contributed by atoms with E-state index in [4.69, 9.17) is 19.9 Å². The number of carbonyl (C=O) groups excluding carboxylic acids is 2. The Morgan fingerprint density at radius 3 is 2.52 bits per heavy atom. The van der Waals surface area contributed by atoms with Gasteiger partial charge in [-0.2, -0.15) is 13.8 Å². The van der Waals surface area contributed by atoms with Crippen LogP contribution in [0.15, 0.2) is 64.7 Å². The molecule has 332 valence electrons. The number of ether oxygens (including phenoxy) is 3. The normalized spacial score (nSPS) is 32.5. The van der Waals surface area contributed by atoms with Gasteiger partial charge in [-0.25, -0.2) is 14.4 Å². The van der Waals surface area contributed by atoms with E-state index in [1.807, 2.05) is 6.08 Å². The van der Waals surface area contributed by atoms with Crippen molar-refractivity contribution in [2.75, 3.05) is 25.4 Å². The summed E-state index contributed by atoms with van der Waals surface area (Å²) >= 11 is 0. The summed E-state index contributed by atoms with van der Waals surface area (Å²) in [5.74, 6) is -2.12. The second-order valence-corrected chi connectivity index (χ2v) is 17.7. The molecule has 0 bridgehead atoms. The summed E-state index contributed by atoms with van der Waals surface area (Å²) in [6.07, 6.45) is 11.8. The van der Waals surface area contributed by atoms with E-state index < -0.39 is 61.0 Å². The number of unbranched alkanes of at least 4 members (excludes halogenated alkanes) is 3. The Labute approximate surface area is 350 Å². The van der Waals surface area contributed by atoms with Gasteiger partial charge in [0.05, 0.1) is 12.2 Å². The average Bonchev–Trinajstić information content (AvgIpc) is 3.95. The second kappa shape index (κ2) is 19.7. The van der Waals surface area contributed by atoms with Crippen LogP contribution in [0.4, 0.5) is 24.2 Å². The Hall–Kier alpha value is -4.12. The highest BCUT2D eigenvalue weighted by Gasteiger charge is 2.60. The van der Waals surface area contributed by atoms with Gasteiger partial charge in [-0.3, -0.25) is 4.57 Å². The molecule has 1 aliphatic heterocycles. The molecule has 1 aromatic heterocycles. The van der Waals surface area contributed by atoms with Gasteiger partial charge in [0, 0.05) is 25.7 Å². The van der Waals surface area contributed by atoms with Gasteiger partial charge in [-0.05, 0) is 111 Å². The monoisotopic (exact) mass is 843 g/mol. The third kappa shape index (κ3) is 10.8. The van der Waals surface area contributed by atoms with Crippen molar-refractivity contribution in [3.8, 4) is 0 Å². The third-order valence-corrected chi connectivity index (χ3v) is 13.4. The molecule has 0 radical (unpaired) electrons. The zero-order valence-corrected chi connectivity index (χ0v) is 34.8. The molecule has 4 saturated carbocycles. The molecule has 14 nitrogen and oxygen atoms in total. The van der Waals surface area contributed by atoms with E-state index in [1.165, 1.54) is 18.4 Å². The van der Waals surface area contributed by atoms with Crippen molar-refractivity contribution >= 4 is 18.0 Å². The van der Waals surface area contributed by atoms with Crippen molar-refractivity contribution < 1.29 is 47.9 Å². The lowest BCUT2D eigenvalue weighted by Gasteiger charge is -2.44. The standard InChI is InChI=1S/C44H63F2N5O9/c1-26(10-17-34(53)29-12-13-29)32-15-16-33-28(9-8-19-43(32,33)3)11-14-30-23-31(52)24-35(27(30)2)60-42(57)49-21-7-5-4-6-20-48-41(56)58-25-36-38(54)44(45,46)39(59-36)51-22-18-37(47)50-40(51)55/h10-11,14,17-18,22,26,29,31-36,38-39,52-54H,2,4-9,12-13,15-16,19-21,23-25H2,1,3H3,(H,48,56)(H,49,57)(H2,47,50,55)/b17-10+,28-11+,30-14-/t26-,31+,32?,33?,34?,35-,36?,38?,39?,43+/m0/s1. The fourth-order valence-corrected chi connectivity index (χ4v) is 9.80. The topological polar surface area (TPSA) is 207 Å². The number of nitrogens with two attached hydrogens (primary N) is 1. The van der Waals surface area contributed by atoms with Gasteiger partial charge in [-0.15, -0.1) is 0 Å². The first-order valence-corrected chi connectivity index (χ1v) is 21.6. The van der Waals surface area contributed by atoms with Gasteiger partial charge in [-0.1, -0.05) is 63.1 Å². The number of fused-ring (bicyclic) bond motifs is 1. The number of carbonyl (C=O) groups is 2. The van der Waals surface area contributed by atoms with Crippen LogP contribution < -0.4 is 22.1 Å². The number of hydrogen-bond donors (Lipinski definition) is 6. The van der Waals surface area contributed by atoms with Gasteiger partial charge in [0.15, 0.2) is 6.10 Å². The van der Waals surface area contributed by atoms with Crippen molar-refractivity contribution in [1.29, 1.82) is 0 Å². The number of aliphatic hydroxyl groups excluding tert-OH is 3. The highest BCUT2D eigenvalue weighted by atomic mass is 19.3. The first kappa shape index (κ1) is 45.4. The number of halogens is 2. The van der Waals surface area contributed by atoms with E-state index in [1.54, 1.807) is 0 Å². The van der Waals surface area contributed by atoms with Crippen LogP contribution in [0.1, 0.15) is 104 Å². The number of nitrogens with zero attached hydrogens (tertiary/aromatic N) is 2. The summed E-state index contributed by atoms with van der Waals surface area (Å²) in [5.41, 5.74) is 7.58. The summed E-state index contributed by atoms with van der Waals surface area (Å²) in [6, 6.07) is 1.14. The van der Waals surface area contributed by atoms with Crippen molar-refractivity contribution in [1.82, 2.24) is 20.2 Å². The molecule has 1 saturated heterocycles. The van der Waals surface area contributed by atoms with Gasteiger partial charge in [0.25, 0.3) is 0 Å². The van der Waals surface area contributed by atoms with Crippen LogP contribution in [0, 0.1) is 29.1 Å². The maximum atomic E-state index is 14.7. The first-order chi connectivity index (χ1) is 28.6. The molecule has 6 rings (SSSR count). The zero-order valence-electron chi connectivity index (χ0n) is 34.8. The summed E-state index contributed by atoms with van der Waals surface area (Å²) in [6.45, 7) is 8.95. The van der Waals surface area contributed by atoms with Crippen LogP contribution in [0.5, 0.6) is 0 Å². The van der Waals surface area contributed by atoms with Gasteiger partial charge in [0.2, 0.25) is 6.23 Å². The van der Waals surface area contributed by atoms with Crippen molar-refractivity contribution in [2.45, 2.75) is 140 Å². The van der Waals surface area contributed by atoms with E-state index in [0.29, 0.717) is 59.6 Å². The molecule has 6 unspecified atom stereocenters. The summed E-state index contributed by atoms with van der Waals surface area (Å²) in [7, 11) is 0. The van der Waals surface area contributed by atoms with Crippen molar-refractivity contribution in [3.05, 3.63) is 70.3 Å². The number of hydrogen-bond acceptors (Lipinski definition) is 11. The van der Waals surface area contributed by atoms with E-state index in [0.717, 1.165) is 62.8 Å². The lowest BCUT2D eigenvalue weighted by Crippen LogP contribution is -2.42. The molecule has 0 aromatic carbocycles. The smallest absolute Gasteiger partial charge is 0.407 e. The Morgan fingerprint density at radius 1 is 1.10 bits per heavy atom. The lowest BCUT2D eigenvalue weighted by molar-refractivity contribution is -0.140. The Kier molecular flexibility index (Phi) is 14.9. The minimum atomic E-state index is -3.86. The van der Waals surface area contributed by atoms with Crippen molar-refractivity contribution in [2.24, 2.45) is 29.1 Å². The number of anilines is 1. The quantitative estimate of drug-likeness (QED) is 0.0861. The van der Waals surface area contributed by atoms with Crippen LogP contribution in [-0.2, 0) is 14.2 Å². The molecule has 1 aromatic rings. The molecule has 2 heterocycles. The Balaban J connectivity index is 0.866. The molecule has 0 spiro atoms. The van der Waals surface area contributed by atoms with Crippen LogP contribution in [0.3, 0.4) is 0 Å². The Bertz CT molecular complexity index is 1850. The highest BCUT2D eigenvalue weighted by molar-refractivity contribution is 5.68. The van der Waals surface area contributed by atoms with Crippen LogP contribution >= 0.6 is 0 Å². The van der Waals surface area contributed by atoms with E-state index in [2.05, 4.69) is 54.3 Å². The zero-order chi connectivity index (χ0) is 43.2. The Morgan fingerprint density at radius 2 is 1.82 bits per heavy atom. The van der Waals surface area contributed by atoms with E-state index in [-0.39, 0.29) is 30.3 Å². The number of rotatable bonds is 16. The minimum absolute atomic E-state index is 0.160. The highest BCUT2D eigenvalue weighted by Crippen LogP contribution is 2.59. The van der Waals surface area contributed by atoms with Crippen molar-refractivity contribution in [3.63, 3.8) is 0 Å². The minimum Gasteiger partial charge on any atom is -0.447 e. The SMILES string of the molecule is C=C1/C(=C\C=C2/CCC[C@@]3(C)C2CCC3[C@@H](C)/C=C/C(O)C2CC2)C[C@@H](O)C[C@@H]1OC(=O)NCCCCCCNC(=O)OCC1OC(n2ccc(N)nc2=O)C(F)(F)C1O. The average molecular weight is 844 g/mol. The van der Waals surface area contributed by atoms with Crippen LogP contribution in [0.2, 0.25) is 0 Å². The molecular formula is C44H63F2N5O9.